The molecule has 1 atom stereocenters. The monoisotopic (exact) mass is 327 g/mol. The summed E-state index contributed by atoms with van der Waals surface area (Å²) in [6.45, 7) is 4.72. The summed E-state index contributed by atoms with van der Waals surface area (Å²) < 4.78 is 5.82. The number of rotatable bonds is 5. The van der Waals surface area contributed by atoms with Crippen molar-refractivity contribution >= 4 is 5.91 Å². The fourth-order valence-electron chi connectivity index (χ4n) is 5.87. The topological polar surface area (TPSA) is 38.3 Å². The van der Waals surface area contributed by atoms with Gasteiger partial charge in [0.1, 0.15) is 5.75 Å². The Bertz CT molecular complexity index is 589. The standard InChI is InChI=1S/C21H29NO2/c1-14-4-3-5-19(6-14)24-15(2)20(23)22-13-21-10-16-7-17(11-21)9-18(8-16)12-21/h3-6,15-18H,7-13H2,1-2H3,(H,22,23)/t15-,16?,17?,18?,21?/m1/s1. The highest BCUT2D eigenvalue weighted by Crippen LogP contribution is 2.59. The number of carbonyl (C=O) groups excluding carboxylic acids is 1. The van der Waals surface area contributed by atoms with E-state index in [1.54, 1.807) is 0 Å². The van der Waals surface area contributed by atoms with Crippen LogP contribution >= 0.6 is 0 Å². The Balaban J connectivity index is 1.33. The van der Waals surface area contributed by atoms with E-state index in [1.165, 1.54) is 38.5 Å². The number of benzene rings is 1. The van der Waals surface area contributed by atoms with Gasteiger partial charge in [0, 0.05) is 6.54 Å². The highest BCUT2D eigenvalue weighted by molar-refractivity contribution is 5.80. The van der Waals surface area contributed by atoms with Gasteiger partial charge < -0.3 is 10.1 Å². The molecule has 4 saturated carbocycles. The lowest BCUT2D eigenvalue weighted by Crippen LogP contribution is -2.52. The maximum Gasteiger partial charge on any atom is 0.260 e. The first-order chi connectivity index (χ1) is 11.5. The SMILES string of the molecule is Cc1cccc(O[C@H](C)C(=O)NCC23CC4CC(CC(C4)C2)C3)c1. The van der Waals surface area contributed by atoms with Gasteiger partial charge in [-0.1, -0.05) is 12.1 Å². The third-order valence-corrected chi connectivity index (χ3v) is 6.47. The van der Waals surface area contributed by atoms with Crippen LogP contribution in [0, 0.1) is 30.1 Å². The van der Waals surface area contributed by atoms with E-state index in [0.29, 0.717) is 5.41 Å². The summed E-state index contributed by atoms with van der Waals surface area (Å²) >= 11 is 0. The van der Waals surface area contributed by atoms with Crippen molar-refractivity contribution in [3.8, 4) is 5.75 Å². The third kappa shape index (κ3) is 3.18. The van der Waals surface area contributed by atoms with E-state index >= 15 is 0 Å². The van der Waals surface area contributed by atoms with E-state index in [4.69, 9.17) is 4.74 Å². The molecule has 1 amide bonds. The fourth-order valence-corrected chi connectivity index (χ4v) is 5.87. The minimum atomic E-state index is -0.444. The van der Waals surface area contributed by atoms with Crippen molar-refractivity contribution in [2.24, 2.45) is 23.2 Å². The molecule has 0 aliphatic heterocycles. The lowest BCUT2D eigenvalue weighted by Gasteiger charge is -2.56. The summed E-state index contributed by atoms with van der Waals surface area (Å²) in [7, 11) is 0. The number of hydrogen-bond acceptors (Lipinski definition) is 2. The lowest BCUT2D eigenvalue weighted by molar-refractivity contribution is -0.129. The molecule has 0 radical (unpaired) electrons. The maximum absolute atomic E-state index is 12.5. The predicted molar refractivity (Wildman–Crippen MR) is 94.9 cm³/mol. The van der Waals surface area contributed by atoms with Gasteiger partial charge in [-0.3, -0.25) is 4.79 Å². The van der Waals surface area contributed by atoms with Crippen LogP contribution < -0.4 is 10.1 Å². The zero-order valence-electron chi connectivity index (χ0n) is 14.9. The van der Waals surface area contributed by atoms with Crippen molar-refractivity contribution in [3.05, 3.63) is 29.8 Å². The Kier molecular flexibility index (Phi) is 4.06. The highest BCUT2D eigenvalue weighted by Gasteiger charge is 2.50. The van der Waals surface area contributed by atoms with E-state index in [0.717, 1.165) is 35.6 Å². The molecule has 3 nitrogen and oxygen atoms in total. The van der Waals surface area contributed by atoms with Crippen molar-refractivity contribution in [2.75, 3.05) is 6.54 Å². The Labute approximate surface area is 145 Å². The van der Waals surface area contributed by atoms with Crippen LogP contribution in [-0.4, -0.2) is 18.6 Å². The van der Waals surface area contributed by atoms with E-state index in [9.17, 15) is 4.79 Å². The second-order valence-corrected chi connectivity index (χ2v) is 8.71. The van der Waals surface area contributed by atoms with Gasteiger partial charge in [0.05, 0.1) is 0 Å². The summed E-state index contributed by atoms with van der Waals surface area (Å²) in [5, 5.41) is 3.21. The van der Waals surface area contributed by atoms with Crippen LogP contribution in [0.3, 0.4) is 0 Å². The van der Waals surface area contributed by atoms with E-state index in [1.807, 2.05) is 38.1 Å². The lowest BCUT2D eigenvalue weighted by atomic mass is 9.49. The van der Waals surface area contributed by atoms with Crippen molar-refractivity contribution in [2.45, 2.75) is 58.5 Å². The Morgan fingerprint density at radius 3 is 2.42 bits per heavy atom. The van der Waals surface area contributed by atoms with Crippen LogP contribution in [0.5, 0.6) is 5.75 Å². The van der Waals surface area contributed by atoms with Crippen LogP contribution in [-0.2, 0) is 4.79 Å². The van der Waals surface area contributed by atoms with Crippen LogP contribution in [0.2, 0.25) is 0 Å². The fraction of sp³-hybridized carbons (Fsp3) is 0.667. The molecule has 5 rings (SSSR count). The zero-order valence-corrected chi connectivity index (χ0v) is 14.9. The summed E-state index contributed by atoms with van der Waals surface area (Å²) in [5.74, 6) is 3.57. The van der Waals surface area contributed by atoms with Crippen molar-refractivity contribution in [3.63, 3.8) is 0 Å². The number of aryl methyl sites for hydroxylation is 1. The quantitative estimate of drug-likeness (QED) is 0.884. The summed E-state index contributed by atoms with van der Waals surface area (Å²) in [6, 6.07) is 7.88. The number of ether oxygens (including phenoxy) is 1. The largest absolute Gasteiger partial charge is 0.481 e. The van der Waals surface area contributed by atoms with Gasteiger partial charge in [0.15, 0.2) is 6.10 Å². The maximum atomic E-state index is 12.5. The van der Waals surface area contributed by atoms with Crippen molar-refractivity contribution in [1.82, 2.24) is 5.32 Å². The average Bonchev–Trinajstić information content (AvgIpc) is 2.51. The second kappa shape index (κ2) is 6.09. The van der Waals surface area contributed by atoms with Crippen molar-refractivity contribution in [1.29, 1.82) is 0 Å². The molecule has 4 aliphatic rings. The molecule has 1 aromatic rings. The molecule has 3 heteroatoms. The first-order valence-electron chi connectivity index (χ1n) is 9.52. The summed E-state index contributed by atoms with van der Waals surface area (Å²) in [5.41, 5.74) is 1.53. The molecule has 4 aliphatic carbocycles. The molecule has 130 valence electrons. The van der Waals surface area contributed by atoms with Crippen LogP contribution in [0.15, 0.2) is 24.3 Å². The summed E-state index contributed by atoms with van der Waals surface area (Å²) in [4.78, 5) is 12.5. The molecule has 1 N–H and O–H groups in total. The minimum Gasteiger partial charge on any atom is -0.481 e. The number of carbonyl (C=O) groups is 1. The summed E-state index contributed by atoms with van der Waals surface area (Å²) in [6.07, 6.45) is 7.87. The molecular formula is C21H29NO2. The second-order valence-electron chi connectivity index (χ2n) is 8.71. The molecule has 24 heavy (non-hydrogen) atoms. The van der Waals surface area contributed by atoms with Gasteiger partial charge in [-0.2, -0.15) is 0 Å². The number of hydrogen-bond donors (Lipinski definition) is 1. The van der Waals surface area contributed by atoms with Gasteiger partial charge in [-0.15, -0.1) is 0 Å². The van der Waals surface area contributed by atoms with Crippen LogP contribution in [0.25, 0.3) is 0 Å². The van der Waals surface area contributed by atoms with E-state index in [-0.39, 0.29) is 5.91 Å². The molecule has 0 aromatic heterocycles. The van der Waals surface area contributed by atoms with E-state index in [2.05, 4.69) is 5.32 Å². The zero-order chi connectivity index (χ0) is 16.7. The van der Waals surface area contributed by atoms with Gasteiger partial charge in [-0.25, -0.2) is 0 Å². The van der Waals surface area contributed by atoms with Gasteiger partial charge in [-0.05, 0) is 93.2 Å². The molecule has 1 aromatic carbocycles. The highest BCUT2D eigenvalue weighted by atomic mass is 16.5. The smallest absolute Gasteiger partial charge is 0.260 e. The Morgan fingerprint density at radius 2 is 1.83 bits per heavy atom. The Hall–Kier alpha value is -1.51. The first-order valence-corrected chi connectivity index (χ1v) is 9.52. The molecule has 0 saturated heterocycles. The van der Waals surface area contributed by atoms with Gasteiger partial charge in [0.25, 0.3) is 5.91 Å². The molecular weight excluding hydrogens is 298 g/mol. The predicted octanol–water partition coefficient (Wildman–Crippen LogP) is 4.09. The van der Waals surface area contributed by atoms with Gasteiger partial charge in [0.2, 0.25) is 0 Å². The van der Waals surface area contributed by atoms with Crippen LogP contribution in [0.4, 0.5) is 0 Å². The molecule has 4 bridgehead atoms. The Morgan fingerprint density at radius 1 is 1.21 bits per heavy atom. The van der Waals surface area contributed by atoms with Crippen molar-refractivity contribution < 1.29 is 9.53 Å². The minimum absolute atomic E-state index is 0.0206. The van der Waals surface area contributed by atoms with Gasteiger partial charge >= 0.3 is 0 Å². The molecule has 0 unspecified atom stereocenters. The van der Waals surface area contributed by atoms with E-state index < -0.39 is 6.10 Å². The van der Waals surface area contributed by atoms with Crippen LogP contribution in [0.1, 0.15) is 51.0 Å². The third-order valence-electron chi connectivity index (χ3n) is 6.47. The average molecular weight is 327 g/mol. The molecule has 4 fully saturated rings. The normalized spacial score (nSPS) is 34.8. The number of amides is 1. The first kappa shape index (κ1) is 16.0. The number of nitrogens with one attached hydrogen (secondary N) is 1. The molecule has 0 heterocycles. The molecule has 0 spiro atoms.